The number of hydrogen-bond acceptors (Lipinski definition) is 4. The van der Waals surface area contributed by atoms with E-state index in [-0.39, 0.29) is 17.6 Å². The number of rotatable bonds is 5. The molecule has 0 saturated carbocycles. The highest BCUT2D eigenvalue weighted by Crippen LogP contribution is 2.40. The van der Waals surface area contributed by atoms with Crippen LogP contribution < -0.4 is 5.32 Å². The number of furan rings is 1. The van der Waals surface area contributed by atoms with Crippen LogP contribution in [0.15, 0.2) is 65.2 Å². The Morgan fingerprint density at radius 3 is 2.71 bits per heavy atom. The summed E-state index contributed by atoms with van der Waals surface area (Å²) in [4.78, 5) is 18.1. The molecule has 1 aliphatic rings. The fraction of sp³-hybridized carbons (Fsp3) is 0.190. The fourth-order valence-corrected chi connectivity index (χ4v) is 3.97. The number of carbonyl (C=O) groups is 1. The molecule has 0 unspecified atom stereocenters. The third-order valence-corrected chi connectivity index (χ3v) is 5.23. The van der Waals surface area contributed by atoms with E-state index in [0.717, 1.165) is 5.69 Å². The number of pyridine rings is 1. The molecule has 3 heterocycles. The topological polar surface area (TPSA) is 78.6 Å². The van der Waals surface area contributed by atoms with E-state index in [4.69, 9.17) is 16.6 Å². The average Bonchev–Trinajstić information content (AvgIpc) is 3.32. The molecule has 3 aromatic rings. The number of benzene rings is 1. The molecule has 1 saturated heterocycles. The lowest BCUT2D eigenvalue weighted by Crippen LogP contribution is -2.29. The van der Waals surface area contributed by atoms with Crippen LogP contribution in [-0.4, -0.2) is 32.6 Å². The van der Waals surface area contributed by atoms with Crippen molar-refractivity contribution in [3.05, 3.63) is 77.8 Å². The Kier molecular flexibility index (Phi) is 4.83. The first-order valence-electron chi connectivity index (χ1n) is 9.00. The number of likely N-dealkylation sites (N-methyl/N-ethyl adjacent to an activating group) is 1. The van der Waals surface area contributed by atoms with Gasteiger partial charge < -0.3 is 19.7 Å². The first-order valence-corrected chi connectivity index (χ1v) is 9.41. The van der Waals surface area contributed by atoms with Crippen LogP contribution in [0.5, 0.6) is 0 Å². The largest absolute Gasteiger partial charge is 0.478 e. The molecule has 2 aromatic heterocycles. The van der Waals surface area contributed by atoms with Gasteiger partial charge in [-0.3, -0.25) is 4.98 Å². The van der Waals surface area contributed by atoms with Crippen molar-refractivity contribution in [2.45, 2.75) is 19.0 Å². The molecule has 2 N–H and O–H groups in total. The molecule has 7 heteroatoms. The van der Waals surface area contributed by atoms with Crippen LogP contribution in [0.25, 0.3) is 11.3 Å². The van der Waals surface area contributed by atoms with E-state index in [1.54, 1.807) is 30.5 Å². The molecule has 0 amide bonds. The molecule has 1 aliphatic heterocycles. The fourth-order valence-electron chi connectivity index (χ4n) is 3.60. The van der Waals surface area contributed by atoms with E-state index in [0.29, 0.717) is 28.7 Å². The highest BCUT2D eigenvalue weighted by atomic mass is 32.1. The number of nitrogens with zero attached hydrogens (tertiary/aromatic N) is 2. The van der Waals surface area contributed by atoms with Crippen molar-refractivity contribution in [3.8, 4) is 11.3 Å². The molecule has 0 aliphatic carbocycles. The van der Waals surface area contributed by atoms with Crippen LogP contribution in [0.2, 0.25) is 0 Å². The van der Waals surface area contributed by atoms with Gasteiger partial charge >= 0.3 is 5.97 Å². The SMILES string of the molecule is CCN1C(=S)N[C@@H](c2ccccn2)[C@@H]1c1ccc(-c2ccccc2C(=O)O)o1. The molecule has 1 fully saturated rings. The Balaban J connectivity index is 1.75. The number of carboxylic acid groups (broad SMARTS) is 1. The number of nitrogens with one attached hydrogen (secondary N) is 1. The van der Waals surface area contributed by atoms with Crippen LogP contribution in [0.3, 0.4) is 0 Å². The molecular formula is C21H19N3O3S. The average molecular weight is 393 g/mol. The lowest BCUT2D eigenvalue weighted by Gasteiger charge is -2.24. The third-order valence-electron chi connectivity index (χ3n) is 4.88. The minimum absolute atomic E-state index is 0.151. The van der Waals surface area contributed by atoms with Gasteiger partial charge in [-0.15, -0.1) is 0 Å². The number of hydrogen-bond donors (Lipinski definition) is 2. The highest BCUT2D eigenvalue weighted by Gasteiger charge is 2.40. The van der Waals surface area contributed by atoms with Gasteiger partial charge in [0.25, 0.3) is 0 Å². The molecular weight excluding hydrogens is 374 g/mol. The first-order chi connectivity index (χ1) is 13.6. The van der Waals surface area contributed by atoms with E-state index < -0.39 is 5.97 Å². The second kappa shape index (κ2) is 7.44. The summed E-state index contributed by atoms with van der Waals surface area (Å²) in [7, 11) is 0. The Morgan fingerprint density at radius 2 is 2.00 bits per heavy atom. The van der Waals surface area contributed by atoms with E-state index in [2.05, 4.69) is 15.2 Å². The number of aromatic carboxylic acids is 1. The molecule has 6 nitrogen and oxygen atoms in total. The van der Waals surface area contributed by atoms with Crippen LogP contribution >= 0.6 is 12.2 Å². The standard InChI is InChI=1S/C21H19N3O3S/c1-2-24-19(18(23-21(24)28)15-9-5-6-12-22-15)17-11-10-16(27-17)13-7-3-4-8-14(13)20(25)26/h3-12,18-19H,2H2,1H3,(H,23,28)(H,25,26)/t18-,19-/m0/s1. The Hall–Kier alpha value is -3.19. The van der Waals surface area contributed by atoms with Gasteiger partial charge in [-0.2, -0.15) is 0 Å². The summed E-state index contributed by atoms with van der Waals surface area (Å²) < 4.78 is 6.14. The number of aromatic nitrogens is 1. The van der Waals surface area contributed by atoms with Crippen molar-refractivity contribution in [3.63, 3.8) is 0 Å². The molecule has 142 valence electrons. The van der Waals surface area contributed by atoms with Gasteiger partial charge in [-0.1, -0.05) is 24.3 Å². The zero-order valence-corrected chi connectivity index (χ0v) is 16.0. The van der Waals surface area contributed by atoms with Gasteiger partial charge in [0.05, 0.1) is 17.3 Å². The van der Waals surface area contributed by atoms with Crippen molar-refractivity contribution in [1.82, 2.24) is 15.2 Å². The summed E-state index contributed by atoms with van der Waals surface area (Å²) in [5, 5.41) is 13.5. The maximum absolute atomic E-state index is 11.6. The van der Waals surface area contributed by atoms with Crippen LogP contribution in [0.1, 0.15) is 40.8 Å². The van der Waals surface area contributed by atoms with Crippen molar-refractivity contribution >= 4 is 23.3 Å². The second-order valence-corrected chi connectivity index (χ2v) is 6.85. The third kappa shape index (κ3) is 3.14. The van der Waals surface area contributed by atoms with Gasteiger partial charge in [-0.25, -0.2) is 4.79 Å². The van der Waals surface area contributed by atoms with Crippen LogP contribution in [-0.2, 0) is 0 Å². The second-order valence-electron chi connectivity index (χ2n) is 6.47. The van der Waals surface area contributed by atoms with Crippen molar-refractivity contribution in [2.75, 3.05) is 6.54 Å². The molecule has 1 aromatic carbocycles. The molecule has 28 heavy (non-hydrogen) atoms. The van der Waals surface area contributed by atoms with Crippen molar-refractivity contribution < 1.29 is 14.3 Å². The maximum Gasteiger partial charge on any atom is 0.336 e. The van der Waals surface area contributed by atoms with E-state index in [1.165, 1.54) is 0 Å². The van der Waals surface area contributed by atoms with Gasteiger partial charge in [-0.05, 0) is 49.5 Å². The summed E-state index contributed by atoms with van der Waals surface area (Å²) in [5.41, 5.74) is 1.62. The predicted molar refractivity (Wildman–Crippen MR) is 109 cm³/mol. The lowest BCUT2D eigenvalue weighted by molar-refractivity contribution is 0.0697. The minimum Gasteiger partial charge on any atom is -0.478 e. The summed E-state index contributed by atoms with van der Waals surface area (Å²) in [5.74, 6) is 0.237. The maximum atomic E-state index is 11.6. The Bertz CT molecular complexity index is 1020. The molecule has 0 spiro atoms. The van der Waals surface area contributed by atoms with E-state index >= 15 is 0 Å². The molecule has 0 bridgehead atoms. The molecule has 2 atom stereocenters. The predicted octanol–water partition coefficient (Wildman–Crippen LogP) is 4.03. The number of carboxylic acids is 1. The highest BCUT2D eigenvalue weighted by molar-refractivity contribution is 7.80. The lowest BCUT2D eigenvalue weighted by atomic mass is 10.0. The van der Waals surface area contributed by atoms with E-state index in [9.17, 15) is 9.90 Å². The smallest absolute Gasteiger partial charge is 0.336 e. The summed E-state index contributed by atoms with van der Waals surface area (Å²) in [6.45, 7) is 2.74. The van der Waals surface area contributed by atoms with E-state index in [1.807, 2.05) is 37.3 Å². The number of thiocarbonyl (C=S) groups is 1. The molecule has 0 radical (unpaired) electrons. The van der Waals surface area contributed by atoms with Crippen LogP contribution in [0.4, 0.5) is 0 Å². The van der Waals surface area contributed by atoms with Gasteiger partial charge in [0, 0.05) is 18.3 Å². The summed E-state index contributed by atoms with van der Waals surface area (Å²) in [6, 6.07) is 16.0. The normalized spacial score (nSPS) is 18.9. The monoisotopic (exact) mass is 393 g/mol. The summed E-state index contributed by atoms with van der Waals surface area (Å²) >= 11 is 5.52. The zero-order chi connectivity index (χ0) is 19.7. The molecule has 4 rings (SSSR count). The van der Waals surface area contributed by atoms with Crippen molar-refractivity contribution in [2.24, 2.45) is 0 Å². The van der Waals surface area contributed by atoms with Crippen molar-refractivity contribution in [1.29, 1.82) is 0 Å². The van der Waals surface area contributed by atoms with Gasteiger partial charge in [0.1, 0.15) is 17.6 Å². The zero-order valence-electron chi connectivity index (χ0n) is 15.2. The van der Waals surface area contributed by atoms with Gasteiger partial charge in [0.15, 0.2) is 5.11 Å². The minimum atomic E-state index is -0.987. The summed E-state index contributed by atoms with van der Waals surface area (Å²) in [6.07, 6.45) is 1.75. The first kappa shape index (κ1) is 18.2. The quantitative estimate of drug-likeness (QED) is 0.634. The van der Waals surface area contributed by atoms with Gasteiger partial charge in [0.2, 0.25) is 0 Å². The Morgan fingerprint density at radius 1 is 1.21 bits per heavy atom. The Labute approximate surface area is 167 Å². The van der Waals surface area contributed by atoms with Crippen LogP contribution in [0, 0.1) is 0 Å².